The number of methoxy groups -OCH3 is 1. The van der Waals surface area contributed by atoms with Crippen molar-refractivity contribution in [3.63, 3.8) is 0 Å². The Kier molecular flexibility index (Phi) is 8.88. The lowest BCUT2D eigenvalue weighted by Crippen LogP contribution is -2.40. The Morgan fingerprint density at radius 3 is 2.54 bits per heavy atom. The maximum atomic E-state index is 12.7. The van der Waals surface area contributed by atoms with Crippen molar-refractivity contribution in [2.75, 3.05) is 53.0 Å². The van der Waals surface area contributed by atoms with Crippen molar-refractivity contribution in [3.05, 3.63) is 34.9 Å². The topological polar surface area (TPSA) is 59.1 Å². The van der Waals surface area contributed by atoms with E-state index in [-0.39, 0.29) is 18.3 Å². The summed E-state index contributed by atoms with van der Waals surface area (Å²) in [6.07, 6.45) is 1.38. The fourth-order valence-corrected chi connectivity index (χ4v) is 3.01. The average Bonchev–Trinajstić information content (AvgIpc) is 2.66. The molecule has 1 fully saturated rings. The molecule has 1 aromatic carbocycles. The second kappa shape index (κ2) is 11.2. The van der Waals surface area contributed by atoms with Crippen molar-refractivity contribution in [1.29, 1.82) is 0 Å². The van der Waals surface area contributed by atoms with E-state index >= 15 is 0 Å². The van der Waals surface area contributed by atoms with Crippen LogP contribution < -0.4 is 0 Å². The molecule has 26 heavy (non-hydrogen) atoms. The van der Waals surface area contributed by atoms with Crippen molar-refractivity contribution in [1.82, 2.24) is 9.80 Å². The molecule has 1 aliphatic rings. The van der Waals surface area contributed by atoms with Gasteiger partial charge in [-0.05, 0) is 24.1 Å². The second-order valence-corrected chi connectivity index (χ2v) is 6.75. The number of morpholine rings is 1. The number of hydrogen-bond donors (Lipinski definition) is 0. The Hall–Kier alpha value is -1.63. The molecule has 144 valence electrons. The van der Waals surface area contributed by atoms with Crippen LogP contribution in [-0.4, -0.2) is 74.7 Å². The maximum Gasteiger partial charge on any atom is 0.307 e. The number of halogens is 1. The van der Waals surface area contributed by atoms with Crippen LogP contribution in [0, 0.1) is 0 Å². The van der Waals surface area contributed by atoms with Gasteiger partial charge in [0.2, 0.25) is 5.91 Å². The van der Waals surface area contributed by atoms with Crippen LogP contribution in [0.3, 0.4) is 0 Å². The fraction of sp³-hybridized carbons (Fsp3) is 0.579. The summed E-state index contributed by atoms with van der Waals surface area (Å²) in [5.74, 6) is -0.291. The smallest absolute Gasteiger partial charge is 0.307 e. The normalized spacial score (nSPS) is 14.8. The number of esters is 1. The van der Waals surface area contributed by atoms with Crippen LogP contribution in [0.4, 0.5) is 0 Å². The van der Waals surface area contributed by atoms with Crippen LogP contribution in [-0.2, 0) is 25.5 Å². The minimum atomic E-state index is -0.303. The summed E-state index contributed by atoms with van der Waals surface area (Å²) in [7, 11) is 1.36. The van der Waals surface area contributed by atoms with Crippen LogP contribution >= 0.6 is 11.6 Å². The van der Waals surface area contributed by atoms with Gasteiger partial charge in [0.15, 0.2) is 0 Å². The highest BCUT2D eigenvalue weighted by atomic mass is 35.5. The van der Waals surface area contributed by atoms with Crippen LogP contribution in [0.2, 0.25) is 5.02 Å². The Labute approximate surface area is 160 Å². The van der Waals surface area contributed by atoms with Gasteiger partial charge in [0.1, 0.15) is 0 Å². The van der Waals surface area contributed by atoms with Crippen LogP contribution in [0.15, 0.2) is 24.3 Å². The van der Waals surface area contributed by atoms with Crippen molar-refractivity contribution in [2.45, 2.75) is 19.3 Å². The molecule has 0 aromatic heterocycles. The minimum Gasteiger partial charge on any atom is -0.469 e. The molecule has 0 aliphatic carbocycles. The Morgan fingerprint density at radius 2 is 1.88 bits per heavy atom. The zero-order valence-electron chi connectivity index (χ0n) is 15.3. The van der Waals surface area contributed by atoms with E-state index in [1.165, 1.54) is 7.11 Å². The number of carbonyl (C=O) groups is 2. The summed E-state index contributed by atoms with van der Waals surface area (Å²) in [5.41, 5.74) is 0.913. The monoisotopic (exact) mass is 382 g/mol. The molecule has 1 amide bonds. The van der Waals surface area contributed by atoms with Gasteiger partial charge in [0, 0.05) is 37.7 Å². The number of carbonyl (C=O) groups excluding carboxylic acids is 2. The van der Waals surface area contributed by atoms with Crippen LogP contribution in [0.25, 0.3) is 0 Å². The van der Waals surface area contributed by atoms with E-state index in [9.17, 15) is 9.59 Å². The Bertz CT molecular complexity index is 573. The van der Waals surface area contributed by atoms with E-state index < -0.39 is 0 Å². The first-order valence-electron chi connectivity index (χ1n) is 8.97. The quantitative estimate of drug-likeness (QED) is 0.611. The number of hydrogen-bond acceptors (Lipinski definition) is 5. The first-order chi connectivity index (χ1) is 12.6. The molecule has 6 nitrogen and oxygen atoms in total. The highest BCUT2D eigenvalue weighted by molar-refractivity contribution is 6.30. The van der Waals surface area contributed by atoms with E-state index in [1.54, 1.807) is 17.0 Å². The van der Waals surface area contributed by atoms with Gasteiger partial charge in [-0.3, -0.25) is 14.5 Å². The van der Waals surface area contributed by atoms with Gasteiger partial charge in [0.25, 0.3) is 0 Å². The largest absolute Gasteiger partial charge is 0.469 e. The maximum absolute atomic E-state index is 12.7. The number of benzene rings is 1. The summed E-state index contributed by atoms with van der Waals surface area (Å²) in [5, 5.41) is 0.647. The SMILES string of the molecule is COC(=O)CCN(CCCN1CCOCC1)C(=O)Cc1ccc(Cl)cc1. The molecule has 7 heteroatoms. The summed E-state index contributed by atoms with van der Waals surface area (Å²) in [4.78, 5) is 28.2. The van der Waals surface area contributed by atoms with Gasteiger partial charge in [-0.1, -0.05) is 23.7 Å². The molecule has 2 rings (SSSR count). The number of rotatable bonds is 9. The molecule has 0 saturated carbocycles. The number of nitrogens with zero attached hydrogens (tertiary/aromatic N) is 2. The number of amides is 1. The average molecular weight is 383 g/mol. The Balaban J connectivity index is 1.86. The molecule has 1 saturated heterocycles. The summed E-state index contributed by atoms with van der Waals surface area (Å²) < 4.78 is 10.0. The molecular formula is C19H27ClN2O4. The van der Waals surface area contributed by atoms with Gasteiger partial charge in [0.05, 0.1) is 33.2 Å². The van der Waals surface area contributed by atoms with E-state index in [1.807, 2.05) is 12.1 Å². The molecule has 0 atom stereocenters. The molecule has 1 aliphatic heterocycles. The third-order valence-electron chi connectivity index (χ3n) is 4.44. The molecule has 0 radical (unpaired) electrons. The second-order valence-electron chi connectivity index (χ2n) is 6.32. The highest BCUT2D eigenvalue weighted by Crippen LogP contribution is 2.11. The number of ether oxygens (including phenoxy) is 2. The van der Waals surface area contributed by atoms with E-state index in [0.717, 1.165) is 44.8 Å². The third-order valence-corrected chi connectivity index (χ3v) is 4.69. The lowest BCUT2D eigenvalue weighted by molar-refractivity contribution is -0.141. The molecule has 0 unspecified atom stereocenters. The predicted molar refractivity (Wildman–Crippen MR) is 100 cm³/mol. The van der Waals surface area contributed by atoms with E-state index in [0.29, 0.717) is 24.5 Å². The molecular weight excluding hydrogens is 356 g/mol. The molecule has 1 aromatic rings. The van der Waals surface area contributed by atoms with E-state index in [4.69, 9.17) is 21.1 Å². The van der Waals surface area contributed by atoms with Gasteiger partial charge in [-0.2, -0.15) is 0 Å². The van der Waals surface area contributed by atoms with Gasteiger partial charge in [-0.25, -0.2) is 0 Å². The molecule has 0 spiro atoms. The zero-order valence-corrected chi connectivity index (χ0v) is 16.0. The van der Waals surface area contributed by atoms with E-state index in [2.05, 4.69) is 4.90 Å². The van der Waals surface area contributed by atoms with Crippen LogP contribution in [0.5, 0.6) is 0 Å². The van der Waals surface area contributed by atoms with Gasteiger partial charge >= 0.3 is 5.97 Å². The van der Waals surface area contributed by atoms with Crippen molar-refractivity contribution in [2.24, 2.45) is 0 Å². The summed E-state index contributed by atoms with van der Waals surface area (Å²) >= 11 is 5.89. The van der Waals surface area contributed by atoms with Gasteiger partial charge < -0.3 is 14.4 Å². The van der Waals surface area contributed by atoms with Crippen LogP contribution in [0.1, 0.15) is 18.4 Å². The molecule has 0 bridgehead atoms. The fourth-order valence-electron chi connectivity index (χ4n) is 2.89. The zero-order chi connectivity index (χ0) is 18.8. The first kappa shape index (κ1) is 20.7. The van der Waals surface area contributed by atoms with Crippen molar-refractivity contribution in [3.8, 4) is 0 Å². The standard InChI is InChI=1S/C19H27ClN2O4/c1-25-19(24)7-10-22(9-2-8-21-11-13-26-14-12-21)18(23)15-16-3-5-17(20)6-4-16/h3-6H,2,7-15H2,1H3. The first-order valence-corrected chi connectivity index (χ1v) is 9.35. The minimum absolute atomic E-state index is 0.0122. The molecule has 1 heterocycles. The third kappa shape index (κ3) is 7.32. The predicted octanol–water partition coefficient (Wildman–Crippen LogP) is 2.00. The van der Waals surface area contributed by atoms with Gasteiger partial charge in [-0.15, -0.1) is 0 Å². The van der Waals surface area contributed by atoms with Crippen molar-refractivity contribution < 1.29 is 19.1 Å². The highest BCUT2D eigenvalue weighted by Gasteiger charge is 2.17. The lowest BCUT2D eigenvalue weighted by atomic mass is 10.1. The Morgan fingerprint density at radius 1 is 1.19 bits per heavy atom. The lowest BCUT2D eigenvalue weighted by Gasteiger charge is -2.28. The summed E-state index contributed by atoms with van der Waals surface area (Å²) in [6, 6.07) is 7.27. The molecule has 0 N–H and O–H groups in total. The van der Waals surface area contributed by atoms with Crippen molar-refractivity contribution >= 4 is 23.5 Å². The summed E-state index contributed by atoms with van der Waals surface area (Å²) in [6.45, 7) is 5.32.